The molecule has 4 atom stereocenters. The van der Waals surface area contributed by atoms with E-state index < -0.39 is 17.8 Å². The van der Waals surface area contributed by atoms with Crippen LogP contribution in [0.4, 0.5) is 5.00 Å². The second-order valence-electron chi connectivity index (χ2n) is 8.91. The van der Waals surface area contributed by atoms with Gasteiger partial charge in [0.05, 0.1) is 24.0 Å². The number of amides is 1. The molecule has 0 radical (unpaired) electrons. The molecular formula is C23H31NO5S. The molecule has 0 aliphatic heterocycles. The average Bonchev–Trinajstić information content (AvgIpc) is 3.40. The van der Waals surface area contributed by atoms with Crippen LogP contribution in [-0.2, 0) is 27.2 Å². The van der Waals surface area contributed by atoms with Crippen molar-refractivity contribution >= 4 is 34.2 Å². The van der Waals surface area contributed by atoms with Crippen LogP contribution >= 0.6 is 11.3 Å². The lowest BCUT2D eigenvalue weighted by molar-refractivity contribution is -0.148. The molecular weight excluding hydrogens is 402 g/mol. The number of ether oxygens (including phenoxy) is 1. The Kier molecular flexibility index (Phi) is 6.46. The second-order valence-corrected chi connectivity index (χ2v) is 10.0. The quantitative estimate of drug-likeness (QED) is 0.659. The first-order valence-electron chi connectivity index (χ1n) is 11.4. The van der Waals surface area contributed by atoms with E-state index in [0.717, 1.165) is 61.8 Å². The molecule has 4 rings (SSSR count). The van der Waals surface area contributed by atoms with Crippen LogP contribution in [0.5, 0.6) is 0 Å². The van der Waals surface area contributed by atoms with Gasteiger partial charge in [0.25, 0.3) is 0 Å². The minimum absolute atomic E-state index is 0.0973. The maximum Gasteiger partial charge on any atom is 0.341 e. The van der Waals surface area contributed by atoms with Crippen LogP contribution in [-0.4, -0.2) is 29.6 Å². The monoisotopic (exact) mass is 433 g/mol. The molecule has 7 heteroatoms. The fourth-order valence-corrected chi connectivity index (χ4v) is 7.10. The SMILES string of the molecule is CCOC(=O)c1c(NC(=O)C2C3CCC(C3)C2C(=O)O)sc2c1CCCCCCC2. The van der Waals surface area contributed by atoms with E-state index in [1.54, 1.807) is 6.92 Å². The fourth-order valence-electron chi connectivity index (χ4n) is 5.82. The Balaban J connectivity index is 1.63. The summed E-state index contributed by atoms with van der Waals surface area (Å²) in [5.74, 6) is -2.39. The van der Waals surface area contributed by atoms with Crippen LogP contribution in [0.15, 0.2) is 0 Å². The lowest BCUT2D eigenvalue weighted by Gasteiger charge is -2.27. The van der Waals surface area contributed by atoms with E-state index in [1.807, 2.05) is 0 Å². The predicted molar refractivity (Wildman–Crippen MR) is 115 cm³/mol. The van der Waals surface area contributed by atoms with Gasteiger partial charge in [-0.3, -0.25) is 9.59 Å². The summed E-state index contributed by atoms with van der Waals surface area (Å²) >= 11 is 1.48. The molecule has 1 aromatic heterocycles. The van der Waals surface area contributed by atoms with E-state index in [1.165, 1.54) is 24.2 Å². The van der Waals surface area contributed by atoms with Gasteiger partial charge in [-0.15, -0.1) is 11.3 Å². The molecule has 164 valence electrons. The highest BCUT2D eigenvalue weighted by atomic mass is 32.1. The molecule has 0 spiro atoms. The highest BCUT2D eigenvalue weighted by molar-refractivity contribution is 7.17. The molecule has 1 heterocycles. The van der Waals surface area contributed by atoms with Gasteiger partial charge in [-0.1, -0.05) is 19.3 Å². The Hall–Kier alpha value is -1.89. The predicted octanol–water partition coefficient (Wildman–Crippen LogP) is 4.66. The maximum atomic E-state index is 13.2. The van der Waals surface area contributed by atoms with Crippen molar-refractivity contribution in [2.45, 2.75) is 71.1 Å². The summed E-state index contributed by atoms with van der Waals surface area (Å²) in [6, 6.07) is 0. The van der Waals surface area contributed by atoms with Crippen molar-refractivity contribution in [1.82, 2.24) is 0 Å². The maximum absolute atomic E-state index is 13.2. The summed E-state index contributed by atoms with van der Waals surface area (Å²) in [5, 5.41) is 13.2. The van der Waals surface area contributed by atoms with Gasteiger partial charge in [-0.25, -0.2) is 4.79 Å². The van der Waals surface area contributed by atoms with Gasteiger partial charge < -0.3 is 15.2 Å². The van der Waals surface area contributed by atoms with E-state index in [0.29, 0.717) is 10.6 Å². The largest absolute Gasteiger partial charge is 0.481 e. The normalized spacial score (nSPS) is 28.2. The first-order chi connectivity index (χ1) is 14.5. The van der Waals surface area contributed by atoms with Crippen molar-refractivity contribution < 1.29 is 24.2 Å². The van der Waals surface area contributed by atoms with Gasteiger partial charge >= 0.3 is 11.9 Å². The molecule has 1 aromatic rings. The molecule has 1 amide bonds. The number of fused-ring (bicyclic) bond motifs is 3. The number of nitrogens with one attached hydrogen (secondary N) is 1. The number of aryl methyl sites for hydroxylation is 1. The lowest BCUT2D eigenvalue weighted by atomic mass is 9.78. The van der Waals surface area contributed by atoms with Gasteiger partial charge in [0.15, 0.2) is 0 Å². The smallest absolute Gasteiger partial charge is 0.341 e. The third kappa shape index (κ3) is 4.01. The minimum atomic E-state index is -0.873. The molecule has 3 aliphatic carbocycles. The Morgan fingerprint density at radius 1 is 1.03 bits per heavy atom. The first kappa shape index (κ1) is 21.3. The molecule has 0 aromatic carbocycles. The second kappa shape index (κ2) is 9.08. The number of aliphatic carboxylic acids is 1. The number of esters is 1. The Labute approximate surface area is 181 Å². The Morgan fingerprint density at radius 3 is 2.40 bits per heavy atom. The summed E-state index contributed by atoms with van der Waals surface area (Å²) in [7, 11) is 0. The number of carbonyl (C=O) groups is 3. The van der Waals surface area contributed by atoms with Crippen molar-refractivity contribution in [3.8, 4) is 0 Å². The van der Waals surface area contributed by atoms with Crippen molar-refractivity contribution in [2.24, 2.45) is 23.7 Å². The third-order valence-corrected chi connectivity index (χ3v) is 8.35. The van der Waals surface area contributed by atoms with E-state index in [4.69, 9.17) is 4.74 Å². The Bertz CT molecular complexity index is 832. The van der Waals surface area contributed by atoms with Gasteiger partial charge in [0.1, 0.15) is 5.00 Å². The van der Waals surface area contributed by atoms with Crippen molar-refractivity contribution in [3.05, 3.63) is 16.0 Å². The summed E-state index contributed by atoms with van der Waals surface area (Å²) in [6.07, 6.45) is 10.0. The average molecular weight is 434 g/mol. The van der Waals surface area contributed by atoms with Crippen LogP contribution in [0.25, 0.3) is 0 Å². The van der Waals surface area contributed by atoms with Crippen LogP contribution in [0, 0.1) is 23.7 Å². The van der Waals surface area contributed by atoms with Crippen molar-refractivity contribution in [1.29, 1.82) is 0 Å². The van der Waals surface area contributed by atoms with E-state index >= 15 is 0 Å². The third-order valence-electron chi connectivity index (χ3n) is 7.14. The standard InChI is InChI=1S/C23H31NO5S/c1-2-29-23(28)19-15-8-6-4-3-5-7-9-16(15)30-21(19)24-20(25)17-13-10-11-14(12-13)18(17)22(26)27/h13-14,17-18H,2-12H2,1H3,(H,24,25)(H,26,27). The van der Waals surface area contributed by atoms with Gasteiger partial charge in [0, 0.05) is 4.88 Å². The number of carboxylic acids is 1. The minimum Gasteiger partial charge on any atom is -0.481 e. The molecule has 4 unspecified atom stereocenters. The van der Waals surface area contributed by atoms with Crippen molar-refractivity contribution in [2.75, 3.05) is 11.9 Å². The molecule has 30 heavy (non-hydrogen) atoms. The molecule has 2 fully saturated rings. The van der Waals surface area contributed by atoms with E-state index in [-0.39, 0.29) is 30.3 Å². The summed E-state index contributed by atoms with van der Waals surface area (Å²) < 4.78 is 5.33. The van der Waals surface area contributed by atoms with Crippen LogP contribution in [0.1, 0.15) is 79.1 Å². The number of hydrogen-bond acceptors (Lipinski definition) is 5. The highest BCUT2D eigenvalue weighted by Crippen LogP contribution is 2.53. The number of rotatable bonds is 5. The summed E-state index contributed by atoms with van der Waals surface area (Å²) in [4.78, 5) is 39.1. The highest BCUT2D eigenvalue weighted by Gasteiger charge is 2.54. The van der Waals surface area contributed by atoms with Crippen molar-refractivity contribution in [3.63, 3.8) is 0 Å². The van der Waals surface area contributed by atoms with E-state index in [9.17, 15) is 19.5 Å². The number of carboxylic acid groups (broad SMARTS) is 1. The molecule has 0 saturated heterocycles. The first-order valence-corrected chi connectivity index (χ1v) is 12.2. The summed E-state index contributed by atoms with van der Waals surface area (Å²) in [5.41, 5.74) is 1.53. The topological polar surface area (TPSA) is 92.7 Å². The molecule has 2 N–H and O–H groups in total. The number of hydrogen-bond donors (Lipinski definition) is 2. The Morgan fingerprint density at radius 2 is 1.70 bits per heavy atom. The molecule has 3 aliphatic rings. The van der Waals surface area contributed by atoms with Crippen LogP contribution < -0.4 is 5.32 Å². The van der Waals surface area contributed by atoms with Crippen LogP contribution in [0.2, 0.25) is 0 Å². The van der Waals surface area contributed by atoms with Crippen LogP contribution in [0.3, 0.4) is 0 Å². The molecule has 6 nitrogen and oxygen atoms in total. The number of thiophene rings is 1. The summed E-state index contributed by atoms with van der Waals surface area (Å²) in [6.45, 7) is 2.06. The van der Waals surface area contributed by atoms with E-state index in [2.05, 4.69) is 5.32 Å². The zero-order chi connectivity index (χ0) is 21.3. The lowest BCUT2D eigenvalue weighted by Crippen LogP contribution is -2.38. The zero-order valence-corrected chi connectivity index (χ0v) is 18.4. The fraction of sp³-hybridized carbons (Fsp3) is 0.696. The molecule has 2 bridgehead atoms. The van der Waals surface area contributed by atoms with Gasteiger partial charge in [0.2, 0.25) is 5.91 Å². The van der Waals surface area contributed by atoms with Gasteiger partial charge in [-0.05, 0) is 69.3 Å². The molecule has 2 saturated carbocycles. The zero-order valence-electron chi connectivity index (χ0n) is 17.6. The number of carbonyl (C=O) groups excluding carboxylic acids is 2. The van der Waals surface area contributed by atoms with Gasteiger partial charge in [-0.2, -0.15) is 0 Å². The number of anilines is 1.